The van der Waals surface area contributed by atoms with Crippen LogP contribution >= 0.6 is 11.8 Å². The van der Waals surface area contributed by atoms with Crippen LogP contribution in [0.5, 0.6) is 0 Å². The van der Waals surface area contributed by atoms with Crippen LogP contribution in [0.15, 0.2) is 28.7 Å². The Balaban J connectivity index is 2.95. The van der Waals surface area contributed by atoms with Crippen molar-refractivity contribution in [2.24, 2.45) is 10.9 Å². The number of ether oxygens (including phenoxy) is 1. The van der Waals surface area contributed by atoms with Crippen molar-refractivity contribution < 1.29 is 14.3 Å². The molecule has 0 atom stereocenters. The minimum absolute atomic E-state index is 0.234. The molecule has 7 heteroatoms. The van der Waals surface area contributed by atoms with E-state index in [2.05, 4.69) is 16.4 Å². The predicted molar refractivity (Wildman–Crippen MR) is 61.2 cm³/mol. The lowest BCUT2D eigenvalue weighted by atomic mass is 10.4. The van der Waals surface area contributed by atoms with Gasteiger partial charge >= 0.3 is 5.97 Å². The van der Waals surface area contributed by atoms with Gasteiger partial charge in [0.05, 0.1) is 12.0 Å². The fourth-order valence-electron chi connectivity index (χ4n) is 1.06. The van der Waals surface area contributed by atoms with Crippen molar-refractivity contribution in [2.75, 3.05) is 13.7 Å². The standard InChI is InChI=1S/C9H11N3O3S/c1-3-4-12-8(14)6(5-7(13)15-2)16-9(12)11-10/h3,5H,1,4,10H2,2H3/b6-5-,11-9+. The van der Waals surface area contributed by atoms with Crippen molar-refractivity contribution >= 4 is 28.8 Å². The van der Waals surface area contributed by atoms with Gasteiger partial charge in [-0.05, 0) is 11.8 Å². The van der Waals surface area contributed by atoms with Crippen LogP contribution in [0.3, 0.4) is 0 Å². The Morgan fingerprint density at radius 2 is 2.44 bits per heavy atom. The molecule has 1 aliphatic heterocycles. The molecule has 1 aliphatic rings. The van der Waals surface area contributed by atoms with Gasteiger partial charge in [0, 0.05) is 12.6 Å². The molecule has 86 valence electrons. The lowest BCUT2D eigenvalue weighted by Crippen LogP contribution is -2.29. The van der Waals surface area contributed by atoms with E-state index < -0.39 is 5.97 Å². The fraction of sp³-hybridized carbons (Fsp3) is 0.222. The van der Waals surface area contributed by atoms with Crippen LogP contribution in [0, 0.1) is 0 Å². The maximum Gasteiger partial charge on any atom is 0.331 e. The second-order valence-electron chi connectivity index (χ2n) is 2.75. The van der Waals surface area contributed by atoms with Crippen molar-refractivity contribution in [1.82, 2.24) is 4.90 Å². The van der Waals surface area contributed by atoms with E-state index in [1.807, 2.05) is 0 Å². The lowest BCUT2D eigenvalue weighted by Gasteiger charge is -2.10. The average molecular weight is 241 g/mol. The summed E-state index contributed by atoms with van der Waals surface area (Å²) in [4.78, 5) is 24.3. The number of rotatable bonds is 3. The van der Waals surface area contributed by atoms with Crippen LogP contribution in [0.1, 0.15) is 0 Å². The van der Waals surface area contributed by atoms with E-state index in [0.29, 0.717) is 11.7 Å². The molecule has 0 aromatic carbocycles. The smallest absolute Gasteiger partial charge is 0.331 e. The molecule has 0 radical (unpaired) electrons. The Kier molecular flexibility index (Phi) is 4.12. The number of esters is 1. The molecule has 2 N–H and O–H groups in total. The van der Waals surface area contributed by atoms with E-state index in [1.165, 1.54) is 12.0 Å². The van der Waals surface area contributed by atoms with Gasteiger partial charge < -0.3 is 10.6 Å². The number of hydrazone groups is 1. The molecule has 1 amide bonds. The zero-order valence-electron chi connectivity index (χ0n) is 8.67. The van der Waals surface area contributed by atoms with Crippen molar-refractivity contribution in [3.05, 3.63) is 23.6 Å². The molecule has 1 rings (SSSR count). The number of methoxy groups -OCH3 is 1. The first-order chi connectivity index (χ1) is 7.63. The van der Waals surface area contributed by atoms with Crippen LogP contribution < -0.4 is 5.84 Å². The van der Waals surface area contributed by atoms with Gasteiger partial charge in [-0.25, -0.2) is 4.79 Å². The molecule has 1 fully saturated rings. The van der Waals surface area contributed by atoms with Crippen molar-refractivity contribution in [3.63, 3.8) is 0 Å². The molecule has 0 unspecified atom stereocenters. The molecule has 0 saturated carbocycles. The lowest BCUT2D eigenvalue weighted by molar-refractivity contribution is -0.135. The number of nitrogens with two attached hydrogens (primary N) is 1. The van der Waals surface area contributed by atoms with E-state index in [0.717, 1.165) is 17.8 Å². The fourth-order valence-corrected chi connectivity index (χ4v) is 1.93. The maximum atomic E-state index is 11.8. The third-order valence-electron chi connectivity index (χ3n) is 1.76. The Bertz CT molecular complexity index is 389. The first kappa shape index (κ1) is 12.3. The van der Waals surface area contributed by atoms with E-state index in [9.17, 15) is 9.59 Å². The molecule has 16 heavy (non-hydrogen) atoms. The van der Waals surface area contributed by atoms with Crippen LogP contribution in [0.25, 0.3) is 0 Å². The summed E-state index contributed by atoms with van der Waals surface area (Å²) < 4.78 is 4.43. The van der Waals surface area contributed by atoms with Gasteiger partial charge in [-0.1, -0.05) is 6.08 Å². The Labute approximate surface area is 96.8 Å². The molecular formula is C9H11N3O3S. The van der Waals surface area contributed by atoms with Crippen molar-refractivity contribution in [3.8, 4) is 0 Å². The predicted octanol–water partition coefficient (Wildman–Crippen LogP) is 0.0344. The number of amidine groups is 1. The van der Waals surface area contributed by atoms with Gasteiger partial charge in [-0.15, -0.1) is 6.58 Å². The Morgan fingerprint density at radius 1 is 1.75 bits per heavy atom. The quantitative estimate of drug-likeness (QED) is 0.248. The van der Waals surface area contributed by atoms with E-state index in [1.54, 1.807) is 6.08 Å². The van der Waals surface area contributed by atoms with Gasteiger partial charge in [0.15, 0.2) is 5.17 Å². The topological polar surface area (TPSA) is 85.0 Å². The average Bonchev–Trinajstić information content (AvgIpc) is 2.57. The minimum Gasteiger partial charge on any atom is -0.466 e. The second kappa shape index (κ2) is 5.36. The summed E-state index contributed by atoms with van der Waals surface area (Å²) in [6.45, 7) is 3.81. The normalized spacial score (nSPS) is 20.6. The highest BCUT2D eigenvalue weighted by atomic mass is 32.2. The summed E-state index contributed by atoms with van der Waals surface area (Å²) in [5, 5.41) is 3.80. The third kappa shape index (κ3) is 2.43. The number of amides is 1. The first-order valence-electron chi connectivity index (χ1n) is 4.32. The summed E-state index contributed by atoms with van der Waals surface area (Å²) in [6.07, 6.45) is 2.66. The molecule has 0 bridgehead atoms. The first-order valence-corrected chi connectivity index (χ1v) is 5.13. The van der Waals surface area contributed by atoms with Crippen molar-refractivity contribution in [2.45, 2.75) is 0 Å². The molecule has 0 aromatic heterocycles. The summed E-state index contributed by atoms with van der Waals surface area (Å²) in [7, 11) is 1.24. The number of hydrogen-bond acceptors (Lipinski definition) is 6. The molecule has 1 saturated heterocycles. The van der Waals surface area contributed by atoms with Gasteiger partial charge in [0.1, 0.15) is 0 Å². The number of thioether (sulfide) groups is 1. The highest BCUT2D eigenvalue weighted by Gasteiger charge is 2.33. The number of carbonyl (C=O) groups excluding carboxylic acids is 2. The van der Waals surface area contributed by atoms with E-state index >= 15 is 0 Å². The van der Waals surface area contributed by atoms with Crippen LogP contribution in [-0.2, 0) is 14.3 Å². The van der Waals surface area contributed by atoms with Crippen LogP contribution in [0.4, 0.5) is 0 Å². The zero-order chi connectivity index (χ0) is 12.1. The number of nitrogens with zero attached hydrogens (tertiary/aromatic N) is 2. The van der Waals surface area contributed by atoms with E-state index in [-0.39, 0.29) is 10.8 Å². The Morgan fingerprint density at radius 3 is 2.94 bits per heavy atom. The monoisotopic (exact) mass is 241 g/mol. The summed E-state index contributed by atoms with van der Waals surface area (Å²) >= 11 is 1.02. The van der Waals surface area contributed by atoms with Crippen LogP contribution in [0.2, 0.25) is 0 Å². The zero-order valence-corrected chi connectivity index (χ0v) is 9.49. The minimum atomic E-state index is -0.590. The molecule has 0 aliphatic carbocycles. The highest BCUT2D eigenvalue weighted by Crippen LogP contribution is 2.30. The van der Waals surface area contributed by atoms with E-state index in [4.69, 9.17) is 5.84 Å². The third-order valence-corrected chi connectivity index (χ3v) is 2.78. The largest absolute Gasteiger partial charge is 0.466 e. The Hall–Kier alpha value is -1.76. The van der Waals surface area contributed by atoms with Crippen LogP contribution in [-0.4, -0.2) is 35.6 Å². The molecule has 6 nitrogen and oxygen atoms in total. The maximum absolute atomic E-state index is 11.8. The number of hydrogen-bond donors (Lipinski definition) is 1. The van der Waals surface area contributed by atoms with Gasteiger partial charge in [-0.3, -0.25) is 9.69 Å². The van der Waals surface area contributed by atoms with Gasteiger partial charge in [-0.2, -0.15) is 5.10 Å². The summed E-state index contributed by atoms with van der Waals surface area (Å²) in [6, 6.07) is 0. The van der Waals surface area contributed by atoms with Gasteiger partial charge in [0.2, 0.25) is 0 Å². The molecule has 0 spiro atoms. The molecular weight excluding hydrogens is 230 g/mol. The summed E-state index contributed by atoms with van der Waals surface area (Å²) in [5.41, 5.74) is 0. The molecule has 0 aromatic rings. The number of carbonyl (C=O) groups is 2. The second-order valence-corrected chi connectivity index (χ2v) is 3.76. The molecule has 1 heterocycles. The highest BCUT2D eigenvalue weighted by molar-refractivity contribution is 8.18. The van der Waals surface area contributed by atoms with Crippen molar-refractivity contribution in [1.29, 1.82) is 0 Å². The SMILES string of the molecule is C=CCN1C(=O)/C(=C/C(=O)OC)S/C1=N/N. The summed E-state index contributed by atoms with van der Waals surface area (Å²) in [5.74, 6) is 4.21. The van der Waals surface area contributed by atoms with Gasteiger partial charge in [0.25, 0.3) is 5.91 Å².